The molecular formula is C25H29N3O4S2. The molecular weight excluding hydrogens is 470 g/mol. The first-order chi connectivity index (χ1) is 16.2. The van der Waals surface area contributed by atoms with Gasteiger partial charge in [0.15, 0.2) is 5.16 Å². The minimum absolute atomic E-state index is 0.0523. The Hall–Kier alpha value is -2.65. The lowest BCUT2D eigenvalue weighted by Crippen LogP contribution is -2.26. The fourth-order valence-corrected chi connectivity index (χ4v) is 6.26. The van der Waals surface area contributed by atoms with Crippen molar-refractivity contribution >= 4 is 50.9 Å². The van der Waals surface area contributed by atoms with E-state index in [4.69, 9.17) is 4.74 Å². The van der Waals surface area contributed by atoms with Crippen LogP contribution < -0.4 is 10.9 Å². The zero-order valence-corrected chi connectivity index (χ0v) is 21.5. The van der Waals surface area contributed by atoms with E-state index in [1.807, 2.05) is 6.07 Å². The highest BCUT2D eigenvalue weighted by molar-refractivity contribution is 7.99. The van der Waals surface area contributed by atoms with Gasteiger partial charge in [-0.2, -0.15) is 0 Å². The molecule has 1 aromatic carbocycles. The molecule has 0 saturated carbocycles. The number of hydrogen-bond acceptors (Lipinski definition) is 7. The molecule has 9 heteroatoms. The molecule has 0 unspecified atom stereocenters. The second-order valence-corrected chi connectivity index (χ2v) is 11.5. The van der Waals surface area contributed by atoms with E-state index >= 15 is 0 Å². The van der Waals surface area contributed by atoms with Crippen LogP contribution in [-0.2, 0) is 22.4 Å². The van der Waals surface area contributed by atoms with Crippen LogP contribution in [0.4, 0.5) is 5.00 Å². The lowest BCUT2D eigenvalue weighted by molar-refractivity contribution is -0.113. The number of ether oxygens (including phenoxy) is 1. The van der Waals surface area contributed by atoms with Crippen molar-refractivity contribution in [1.29, 1.82) is 0 Å². The van der Waals surface area contributed by atoms with Gasteiger partial charge in [-0.05, 0) is 55.2 Å². The van der Waals surface area contributed by atoms with Crippen LogP contribution in [0.1, 0.15) is 54.9 Å². The number of rotatable bonds is 6. The van der Waals surface area contributed by atoms with Crippen LogP contribution in [0.15, 0.2) is 34.2 Å². The Kier molecular flexibility index (Phi) is 7.14. The molecule has 1 aliphatic carbocycles. The van der Waals surface area contributed by atoms with E-state index in [2.05, 4.69) is 36.1 Å². The summed E-state index contributed by atoms with van der Waals surface area (Å²) in [6, 6.07) is 7.07. The third-order valence-electron chi connectivity index (χ3n) is 6.15. The molecule has 0 fully saturated rings. The number of esters is 1. The zero-order chi connectivity index (χ0) is 24.5. The molecule has 1 atom stereocenters. The topological polar surface area (TPSA) is 101 Å². The zero-order valence-electron chi connectivity index (χ0n) is 19.8. The number of hydrogen-bond donors (Lipinski definition) is 2. The number of thioether (sulfide) groups is 1. The SMILES string of the molecule is CCOC(=O)c1c(NC(=O)CSc2nc3ccccc3c(=O)[nH]2)sc2c1CC[C@@H](C(C)(C)C)C2. The maximum absolute atomic E-state index is 12.8. The molecule has 0 radical (unpaired) electrons. The molecule has 1 amide bonds. The molecule has 1 aliphatic rings. The standard InChI is InChI=1S/C25H29N3O4S2/c1-5-32-23(31)20-16-11-10-14(25(2,3)4)12-18(16)34-22(20)27-19(29)13-33-24-26-17-9-7-6-8-15(17)21(30)28-24/h6-9,14H,5,10-13H2,1-4H3,(H,27,29)(H,26,28,30)/t14-/m1/s1. The molecule has 0 bridgehead atoms. The van der Waals surface area contributed by atoms with Crippen molar-refractivity contribution in [3.63, 3.8) is 0 Å². The molecule has 34 heavy (non-hydrogen) atoms. The molecule has 2 aromatic heterocycles. The van der Waals surface area contributed by atoms with E-state index in [1.165, 1.54) is 11.3 Å². The number of anilines is 1. The Morgan fingerprint density at radius 3 is 2.79 bits per heavy atom. The van der Waals surface area contributed by atoms with Crippen LogP contribution in [0.2, 0.25) is 0 Å². The molecule has 3 aromatic rings. The summed E-state index contributed by atoms with van der Waals surface area (Å²) in [6.45, 7) is 8.78. The molecule has 2 N–H and O–H groups in total. The van der Waals surface area contributed by atoms with E-state index in [0.717, 1.165) is 41.5 Å². The van der Waals surface area contributed by atoms with Crippen molar-refractivity contribution in [2.75, 3.05) is 17.7 Å². The van der Waals surface area contributed by atoms with Gasteiger partial charge in [0.2, 0.25) is 5.91 Å². The second-order valence-electron chi connectivity index (χ2n) is 9.46. The van der Waals surface area contributed by atoms with Crippen LogP contribution in [0.25, 0.3) is 10.9 Å². The van der Waals surface area contributed by atoms with Crippen molar-refractivity contribution in [2.24, 2.45) is 11.3 Å². The first kappa shape index (κ1) is 24.5. The van der Waals surface area contributed by atoms with E-state index in [0.29, 0.717) is 32.5 Å². The molecule has 0 aliphatic heterocycles. The lowest BCUT2D eigenvalue weighted by atomic mass is 9.72. The number of para-hydroxylation sites is 1. The number of thiophene rings is 1. The fourth-order valence-electron chi connectivity index (χ4n) is 4.26. The van der Waals surface area contributed by atoms with E-state index < -0.39 is 5.97 Å². The normalized spacial score (nSPS) is 15.7. The molecule has 180 valence electrons. The maximum Gasteiger partial charge on any atom is 0.341 e. The third kappa shape index (κ3) is 5.20. The third-order valence-corrected chi connectivity index (χ3v) is 8.20. The summed E-state index contributed by atoms with van der Waals surface area (Å²) in [4.78, 5) is 46.1. The van der Waals surface area contributed by atoms with Crippen LogP contribution in [0.3, 0.4) is 0 Å². The Morgan fingerprint density at radius 2 is 2.06 bits per heavy atom. The highest BCUT2D eigenvalue weighted by atomic mass is 32.2. The Bertz CT molecular complexity index is 1290. The number of aromatic amines is 1. The first-order valence-corrected chi connectivity index (χ1v) is 13.2. The van der Waals surface area contributed by atoms with Crippen molar-refractivity contribution in [2.45, 2.75) is 52.1 Å². The van der Waals surface area contributed by atoms with Gasteiger partial charge in [-0.3, -0.25) is 9.59 Å². The smallest absolute Gasteiger partial charge is 0.341 e. The second kappa shape index (κ2) is 9.92. The van der Waals surface area contributed by atoms with Gasteiger partial charge in [0.05, 0.1) is 28.8 Å². The largest absolute Gasteiger partial charge is 0.462 e. The molecule has 0 spiro atoms. The van der Waals surface area contributed by atoms with E-state index in [9.17, 15) is 14.4 Å². The monoisotopic (exact) mass is 499 g/mol. The van der Waals surface area contributed by atoms with Crippen LogP contribution in [-0.4, -0.2) is 34.2 Å². The number of carbonyl (C=O) groups excluding carboxylic acids is 2. The summed E-state index contributed by atoms with van der Waals surface area (Å²) >= 11 is 2.62. The Labute approximate surface area is 206 Å². The van der Waals surface area contributed by atoms with Gasteiger partial charge < -0.3 is 15.0 Å². The minimum Gasteiger partial charge on any atom is -0.462 e. The Balaban J connectivity index is 1.52. The van der Waals surface area contributed by atoms with Gasteiger partial charge in [-0.15, -0.1) is 11.3 Å². The molecule has 4 rings (SSSR count). The fraction of sp³-hybridized carbons (Fsp3) is 0.440. The number of carbonyl (C=O) groups is 2. The number of nitrogens with one attached hydrogen (secondary N) is 2. The van der Waals surface area contributed by atoms with Gasteiger partial charge >= 0.3 is 5.97 Å². The van der Waals surface area contributed by atoms with E-state index in [1.54, 1.807) is 25.1 Å². The average Bonchev–Trinajstić information content (AvgIpc) is 3.14. The number of nitrogens with zero attached hydrogens (tertiary/aromatic N) is 1. The Morgan fingerprint density at radius 1 is 1.29 bits per heavy atom. The first-order valence-electron chi connectivity index (χ1n) is 11.4. The quantitative estimate of drug-likeness (QED) is 0.280. The van der Waals surface area contributed by atoms with Gasteiger partial charge in [0, 0.05) is 4.88 Å². The predicted octanol–water partition coefficient (Wildman–Crippen LogP) is 5.04. The summed E-state index contributed by atoms with van der Waals surface area (Å²) in [5.74, 6) is -0.0879. The summed E-state index contributed by atoms with van der Waals surface area (Å²) < 4.78 is 5.31. The van der Waals surface area contributed by atoms with E-state index in [-0.39, 0.29) is 29.2 Å². The van der Waals surface area contributed by atoms with Gasteiger partial charge in [0.25, 0.3) is 5.56 Å². The van der Waals surface area contributed by atoms with Gasteiger partial charge in [-0.25, -0.2) is 9.78 Å². The maximum atomic E-state index is 12.8. The summed E-state index contributed by atoms with van der Waals surface area (Å²) in [6.07, 6.45) is 2.70. The summed E-state index contributed by atoms with van der Waals surface area (Å²) in [5.41, 5.74) is 2.02. The lowest BCUT2D eigenvalue weighted by Gasteiger charge is -2.33. The van der Waals surface area contributed by atoms with Crippen molar-refractivity contribution in [1.82, 2.24) is 9.97 Å². The number of fused-ring (bicyclic) bond motifs is 2. The highest BCUT2D eigenvalue weighted by Crippen LogP contribution is 2.44. The number of aromatic nitrogens is 2. The van der Waals surface area contributed by atoms with Crippen LogP contribution >= 0.6 is 23.1 Å². The number of amides is 1. The molecule has 7 nitrogen and oxygen atoms in total. The van der Waals surface area contributed by atoms with Crippen LogP contribution in [0.5, 0.6) is 0 Å². The summed E-state index contributed by atoms with van der Waals surface area (Å²) in [5, 5.41) is 4.35. The predicted molar refractivity (Wildman–Crippen MR) is 137 cm³/mol. The molecule has 0 saturated heterocycles. The van der Waals surface area contributed by atoms with Crippen LogP contribution in [0, 0.1) is 11.3 Å². The molecule has 2 heterocycles. The summed E-state index contributed by atoms with van der Waals surface area (Å²) in [7, 11) is 0. The number of benzene rings is 1. The van der Waals surface area contributed by atoms with Crippen molar-refractivity contribution in [3.05, 3.63) is 50.6 Å². The van der Waals surface area contributed by atoms with Crippen molar-refractivity contribution in [3.8, 4) is 0 Å². The highest BCUT2D eigenvalue weighted by Gasteiger charge is 2.34. The minimum atomic E-state index is -0.391. The number of H-pyrrole nitrogens is 1. The average molecular weight is 500 g/mol. The van der Waals surface area contributed by atoms with Gasteiger partial charge in [0.1, 0.15) is 5.00 Å². The van der Waals surface area contributed by atoms with Crippen molar-refractivity contribution < 1.29 is 14.3 Å². The van der Waals surface area contributed by atoms with Gasteiger partial charge in [-0.1, -0.05) is 44.7 Å².